The third-order valence-corrected chi connectivity index (χ3v) is 7.10. The lowest BCUT2D eigenvalue weighted by molar-refractivity contribution is 0.463. The summed E-state index contributed by atoms with van der Waals surface area (Å²) in [4.78, 5) is 5.42. The monoisotopic (exact) mass is 374 g/mol. The Morgan fingerprint density at radius 1 is 1.40 bits per heavy atom. The fraction of sp³-hybridized carbons (Fsp3) is 0.294. The molecule has 1 atom stereocenters. The summed E-state index contributed by atoms with van der Waals surface area (Å²) in [6, 6.07) is 11.5. The van der Waals surface area contributed by atoms with Crippen molar-refractivity contribution in [1.29, 1.82) is 5.26 Å². The lowest BCUT2D eigenvalue weighted by Gasteiger charge is -2.33. The summed E-state index contributed by atoms with van der Waals surface area (Å²) in [5.41, 5.74) is 7.57. The molecule has 1 aromatic carbocycles. The van der Waals surface area contributed by atoms with E-state index in [0.29, 0.717) is 12.0 Å². The topological polar surface area (TPSA) is 99.5 Å². The molecular formula is C17H18N4O2S2. The predicted octanol–water partition coefficient (Wildman–Crippen LogP) is 2.18. The lowest BCUT2D eigenvalue weighted by Crippen LogP contribution is -2.52. The van der Waals surface area contributed by atoms with Gasteiger partial charge in [-0.1, -0.05) is 12.1 Å². The predicted molar refractivity (Wildman–Crippen MR) is 99.8 cm³/mol. The van der Waals surface area contributed by atoms with E-state index in [1.807, 2.05) is 29.6 Å². The van der Waals surface area contributed by atoms with Crippen LogP contribution in [0.2, 0.25) is 0 Å². The SMILES string of the molecule is CN1C(N)=NC(C)(Cc2cc(-c3cccc(C#N)c3)cs2)CS1(=O)=O. The van der Waals surface area contributed by atoms with E-state index in [0.717, 1.165) is 20.3 Å². The number of hydrogen-bond donors (Lipinski definition) is 1. The van der Waals surface area contributed by atoms with Crippen LogP contribution in [0.1, 0.15) is 17.4 Å². The first-order chi connectivity index (χ1) is 11.7. The number of benzene rings is 1. The summed E-state index contributed by atoms with van der Waals surface area (Å²) in [6.07, 6.45) is 0.489. The number of nitrogens with two attached hydrogens (primary N) is 1. The Morgan fingerprint density at radius 2 is 2.16 bits per heavy atom. The van der Waals surface area contributed by atoms with Gasteiger partial charge < -0.3 is 5.73 Å². The maximum atomic E-state index is 12.2. The standard InChI is InChI=1S/C17H18N4O2S2/c1-17(11-25(22,23)21(2)16(19)20-17)8-15-7-14(10-24-15)13-5-3-4-12(6-13)9-18/h3-7,10H,8,11H2,1-2H3,(H2,19,20). The molecule has 8 heteroatoms. The number of hydrogen-bond acceptors (Lipinski definition) is 6. The van der Waals surface area contributed by atoms with E-state index in [1.54, 1.807) is 24.3 Å². The molecule has 0 fully saturated rings. The molecule has 25 heavy (non-hydrogen) atoms. The summed E-state index contributed by atoms with van der Waals surface area (Å²) < 4.78 is 25.5. The molecule has 0 bridgehead atoms. The lowest BCUT2D eigenvalue weighted by atomic mass is 9.99. The number of nitrogens with zero attached hydrogens (tertiary/aromatic N) is 3. The van der Waals surface area contributed by atoms with E-state index in [4.69, 9.17) is 11.0 Å². The van der Waals surface area contributed by atoms with Crippen LogP contribution in [-0.2, 0) is 16.4 Å². The number of rotatable bonds is 3. The molecule has 0 radical (unpaired) electrons. The average Bonchev–Trinajstić information content (AvgIpc) is 3.00. The second kappa shape index (κ2) is 6.17. The first kappa shape index (κ1) is 17.5. The molecular weight excluding hydrogens is 356 g/mol. The van der Waals surface area contributed by atoms with Crippen LogP contribution in [-0.4, -0.2) is 37.0 Å². The number of thiophene rings is 1. The van der Waals surface area contributed by atoms with Crippen molar-refractivity contribution in [3.63, 3.8) is 0 Å². The van der Waals surface area contributed by atoms with Crippen LogP contribution in [0.4, 0.5) is 0 Å². The Hall–Kier alpha value is -2.37. The summed E-state index contributed by atoms with van der Waals surface area (Å²) in [6.45, 7) is 1.81. The van der Waals surface area contributed by atoms with Gasteiger partial charge in [0.05, 0.1) is 22.9 Å². The minimum atomic E-state index is -3.45. The molecule has 0 amide bonds. The van der Waals surface area contributed by atoms with Crippen LogP contribution < -0.4 is 5.73 Å². The highest BCUT2D eigenvalue weighted by Gasteiger charge is 2.39. The van der Waals surface area contributed by atoms with Crippen molar-refractivity contribution >= 4 is 27.3 Å². The summed E-state index contributed by atoms with van der Waals surface area (Å²) >= 11 is 1.55. The third kappa shape index (κ3) is 3.52. The van der Waals surface area contributed by atoms with Gasteiger partial charge >= 0.3 is 0 Å². The highest BCUT2D eigenvalue weighted by atomic mass is 32.2. The number of guanidine groups is 1. The average molecular weight is 374 g/mol. The zero-order chi connectivity index (χ0) is 18.2. The van der Waals surface area contributed by atoms with Gasteiger partial charge in [-0.2, -0.15) is 5.26 Å². The van der Waals surface area contributed by atoms with E-state index in [2.05, 4.69) is 11.1 Å². The van der Waals surface area contributed by atoms with Gasteiger partial charge in [-0.3, -0.25) is 0 Å². The molecule has 1 aromatic heterocycles. The van der Waals surface area contributed by atoms with Gasteiger partial charge in [-0.05, 0) is 41.6 Å². The first-order valence-corrected chi connectivity index (χ1v) is 10.1. The number of nitriles is 1. The van der Waals surface area contributed by atoms with E-state index in [-0.39, 0.29) is 11.7 Å². The fourth-order valence-electron chi connectivity index (χ4n) is 2.87. The Labute approximate surface area is 151 Å². The van der Waals surface area contributed by atoms with Crippen molar-refractivity contribution in [3.05, 3.63) is 46.2 Å². The summed E-state index contributed by atoms with van der Waals surface area (Å²) in [5.74, 6) is -0.0544. The van der Waals surface area contributed by atoms with Crippen molar-refractivity contribution in [2.24, 2.45) is 10.7 Å². The zero-order valence-corrected chi connectivity index (χ0v) is 15.6. The van der Waals surface area contributed by atoms with E-state index in [1.165, 1.54) is 7.05 Å². The van der Waals surface area contributed by atoms with E-state index in [9.17, 15) is 8.42 Å². The van der Waals surface area contributed by atoms with Gasteiger partial charge in [0.25, 0.3) is 0 Å². The zero-order valence-electron chi connectivity index (χ0n) is 13.9. The minimum absolute atomic E-state index is 0.0206. The van der Waals surface area contributed by atoms with Crippen LogP contribution in [0.15, 0.2) is 40.7 Å². The van der Waals surface area contributed by atoms with Crippen LogP contribution >= 0.6 is 11.3 Å². The molecule has 1 aliphatic heterocycles. The van der Waals surface area contributed by atoms with Crippen LogP contribution in [0, 0.1) is 11.3 Å². The molecule has 130 valence electrons. The molecule has 1 aliphatic rings. The Kier molecular flexibility index (Phi) is 4.31. The Balaban J connectivity index is 1.88. The molecule has 2 aromatic rings. The van der Waals surface area contributed by atoms with Crippen molar-refractivity contribution in [2.75, 3.05) is 12.8 Å². The second-order valence-corrected chi connectivity index (χ2v) is 9.36. The second-order valence-electron chi connectivity index (χ2n) is 6.36. The molecule has 0 saturated carbocycles. The molecule has 0 aliphatic carbocycles. The minimum Gasteiger partial charge on any atom is -0.369 e. The van der Waals surface area contributed by atoms with Gasteiger partial charge in [0.2, 0.25) is 16.0 Å². The largest absolute Gasteiger partial charge is 0.369 e. The van der Waals surface area contributed by atoms with Crippen LogP contribution in [0.5, 0.6) is 0 Å². The molecule has 6 nitrogen and oxygen atoms in total. The molecule has 1 unspecified atom stereocenters. The van der Waals surface area contributed by atoms with Gasteiger partial charge in [0.1, 0.15) is 0 Å². The molecule has 0 saturated heterocycles. The van der Waals surface area contributed by atoms with Gasteiger partial charge in [0, 0.05) is 18.3 Å². The number of aliphatic imine (C=N–C) groups is 1. The van der Waals surface area contributed by atoms with Crippen molar-refractivity contribution in [2.45, 2.75) is 18.9 Å². The number of sulfonamides is 1. The first-order valence-electron chi connectivity index (χ1n) is 7.62. The summed E-state index contributed by atoms with van der Waals surface area (Å²) in [7, 11) is -2.03. The molecule has 2 heterocycles. The van der Waals surface area contributed by atoms with Crippen LogP contribution in [0.3, 0.4) is 0 Å². The Morgan fingerprint density at radius 3 is 2.84 bits per heavy atom. The van der Waals surface area contributed by atoms with E-state index < -0.39 is 15.6 Å². The van der Waals surface area contributed by atoms with Gasteiger partial charge in [-0.25, -0.2) is 17.7 Å². The van der Waals surface area contributed by atoms with Crippen molar-refractivity contribution < 1.29 is 8.42 Å². The highest BCUT2D eigenvalue weighted by Crippen LogP contribution is 2.31. The molecule has 2 N–H and O–H groups in total. The maximum absolute atomic E-state index is 12.2. The van der Waals surface area contributed by atoms with Crippen molar-refractivity contribution in [1.82, 2.24) is 4.31 Å². The van der Waals surface area contributed by atoms with Gasteiger partial charge in [-0.15, -0.1) is 11.3 Å². The van der Waals surface area contributed by atoms with Gasteiger partial charge in [0.15, 0.2) is 0 Å². The smallest absolute Gasteiger partial charge is 0.239 e. The normalized spacial score (nSPS) is 22.3. The maximum Gasteiger partial charge on any atom is 0.239 e. The highest BCUT2D eigenvalue weighted by molar-refractivity contribution is 7.89. The van der Waals surface area contributed by atoms with E-state index >= 15 is 0 Å². The summed E-state index contributed by atoms with van der Waals surface area (Å²) in [5, 5.41) is 11.0. The molecule has 3 rings (SSSR count). The Bertz CT molecular complexity index is 988. The molecule has 0 spiro atoms. The van der Waals surface area contributed by atoms with Crippen molar-refractivity contribution in [3.8, 4) is 17.2 Å². The van der Waals surface area contributed by atoms with Crippen LogP contribution in [0.25, 0.3) is 11.1 Å². The quantitative estimate of drug-likeness (QED) is 0.890. The fourth-order valence-corrected chi connectivity index (χ4v) is 5.41. The third-order valence-electron chi connectivity index (χ3n) is 4.15.